The van der Waals surface area contributed by atoms with E-state index in [1.807, 2.05) is 0 Å². The molecule has 11 rings (SSSR count). The van der Waals surface area contributed by atoms with Gasteiger partial charge in [0.1, 0.15) is 0 Å². The number of benzene rings is 9. The highest BCUT2D eigenvalue weighted by Crippen LogP contribution is 2.46. The fourth-order valence-electron chi connectivity index (χ4n) is 9.87. The molecule has 2 heterocycles. The van der Waals surface area contributed by atoms with Crippen LogP contribution in [0.3, 0.4) is 0 Å². The highest BCUT2D eigenvalue weighted by atomic mass is 79.9. The van der Waals surface area contributed by atoms with Crippen molar-refractivity contribution in [1.29, 1.82) is 0 Å². The zero-order chi connectivity index (χ0) is 42.1. The summed E-state index contributed by atoms with van der Waals surface area (Å²) in [6, 6.07) is 74.0. The second kappa shape index (κ2) is 15.2. The fourth-order valence-corrected chi connectivity index (χ4v) is 10.4. The Bertz CT molecular complexity index is 3500. The Balaban J connectivity index is 1.63. The highest BCUT2D eigenvalue weighted by molar-refractivity contribution is 9.10. The van der Waals surface area contributed by atoms with Crippen molar-refractivity contribution in [1.82, 2.24) is 9.13 Å². The van der Waals surface area contributed by atoms with Crippen molar-refractivity contribution < 1.29 is 0 Å². The monoisotopic (exact) mass is 924 g/mol. The molecule has 0 N–H and O–H groups in total. The number of nitrogens with zero attached hydrogens (tertiary/aromatic N) is 2. The molecule has 0 fully saturated rings. The molecule has 0 aliphatic rings. The number of aromatic nitrogens is 2. The molecule has 0 radical (unpaired) electrons. The van der Waals surface area contributed by atoms with Crippen LogP contribution in [-0.2, 0) is 5.41 Å². The van der Waals surface area contributed by atoms with E-state index in [1.54, 1.807) is 0 Å². The first kappa shape index (κ1) is 38.5. The topological polar surface area (TPSA) is 9.86 Å². The summed E-state index contributed by atoms with van der Waals surface area (Å²) in [6.07, 6.45) is 0. The number of rotatable bonds is 2. The Labute approximate surface area is 377 Å². The predicted octanol–water partition coefficient (Wildman–Crippen LogP) is 17.6. The third kappa shape index (κ3) is 6.27. The van der Waals surface area contributed by atoms with E-state index in [9.17, 15) is 0 Å². The molecule has 0 saturated carbocycles. The Kier molecular flexibility index (Phi) is 9.41. The van der Waals surface area contributed by atoms with Crippen LogP contribution < -0.4 is 0 Å². The maximum absolute atomic E-state index is 3.78. The second-order valence-corrected chi connectivity index (χ2v) is 19.0. The minimum Gasteiger partial charge on any atom is -0.309 e. The van der Waals surface area contributed by atoms with E-state index in [4.69, 9.17) is 0 Å². The van der Waals surface area contributed by atoms with Gasteiger partial charge in [-0.2, -0.15) is 0 Å². The summed E-state index contributed by atoms with van der Waals surface area (Å²) < 4.78 is 7.11. The van der Waals surface area contributed by atoms with Gasteiger partial charge in [0.15, 0.2) is 0 Å². The number of halogens is 2. The van der Waals surface area contributed by atoms with Gasteiger partial charge in [-0.25, -0.2) is 0 Å². The van der Waals surface area contributed by atoms with Gasteiger partial charge in [-0.1, -0.05) is 186 Å². The normalized spacial score (nSPS) is 12.0. The number of hydrogen-bond donors (Lipinski definition) is 0. The molecule has 4 heteroatoms. The smallest absolute Gasteiger partial charge is 0.0564 e. The summed E-state index contributed by atoms with van der Waals surface area (Å²) in [6.45, 7) is 7.18. The molecule has 0 aliphatic heterocycles. The van der Waals surface area contributed by atoms with Crippen LogP contribution >= 0.6 is 31.9 Å². The number of hydrogen-bond acceptors (Lipinski definition) is 0. The third-order valence-corrected chi connectivity index (χ3v) is 13.4. The van der Waals surface area contributed by atoms with E-state index >= 15 is 0 Å². The van der Waals surface area contributed by atoms with Gasteiger partial charge in [-0.15, -0.1) is 0 Å². The van der Waals surface area contributed by atoms with Crippen LogP contribution in [-0.4, -0.2) is 9.13 Å². The third-order valence-electron chi connectivity index (χ3n) is 12.4. The molecule has 2 aromatic heterocycles. The number of para-hydroxylation sites is 2. The van der Waals surface area contributed by atoms with Crippen LogP contribution in [0, 0.1) is 0 Å². The Hall–Kier alpha value is -6.46. The van der Waals surface area contributed by atoms with Crippen molar-refractivity contribution in [2.75, 3.05) is 0 Å². The van der Waals surface area contributed by atoms with E-state index in [0.717, 1.165) is 42.4 Å². The summed E-state index contributed by atoms with van der Waals surface area (Å²) in [5.74, 6) is 0. The maximum Gasteiger partial charge on any atom is 0.0564 e. The second-order valence-electron chi connectivity index (χ2n) is 17.1. The molecule has 298 valence electrons. The minimum atomic E-state index is -0.355. The first-order valence-corrected chi connectivity index (χ1v) is 22.7. The zero-order valence-electron chi connectivity index (χ0n) is 34.7. The van der Waals surface area contributed by atoms with E-state index in [-0.39, 0.29) is 5.41 Å². The van der Waals surface area contributed by atoms with Crippen molar-refractivity contribution in [2.24, 2.45) is 0 Å². The quantitative estimate of drug-likeness (QED) is 0.163. The first-order valence-electron chi connectivity index (χ1n) is 21.2. The summed E-state index contributed by atoms with van der Waals surface area (Å²) in [4.78, 5) is 0. The minimum absolute atomic E-state index is 0.355. The molecule has 0 spiro atoms. The van der Waals surface area contributed by atoms with E-state index in [2.05, 4.69) is 262 Å². The summed E-state index contributed by atoms with van der Waals surface area (Å²) in [7, 11) is 0. The van der Waals surface area contributed by atoms with Crippen LogP contribution in [0.4, 0.5) is 0 Å². The molecule has 0 saturated heterocycles. The van der Waals surface area contributed by atoms with Crippen LogP contribution in [0.1, 0.15) is 26.3 Å². The average molecular weight is 927 g/mol. The van der Waals surface area contributed by atoms with Crippen molar-refractivity contribution in [3.8, 4) is 11.4 Å². The van der Waals surface area contributed by atoms with Crippen molar-refractivity contribution in [2.45, 2.75) is 26.2 Å². The number of fused-ring (bicyclic) bond motifs is 14. The Morgan fingerprint density at radius 2 is 0.581 bits per heavy atom. The molecule has 0 unspecified atom stereocenters. The largest absolute Gasteiger partial charge is 0.309 e. The van der Waals surface area contributed by atoms with Crippen LogP contribution in [0.25, 0.3) is 98.1 Å². The highest BCUT2D eigenvalue weighted by Gasteiger charge is 2.26. The maximum atomic E-state index is 3.78. The standard InChI is InChI=1S/C58H42Br2N2/c1-58(2,3)57-55-49-24-10-8-20-45(49)41-16-4-6-18-43(41)47-22-12-14-26-51(47)61(39-32-28-37(59)29-33-39)53(55)36-54-56(57)50-25-11-9-21-46(50)42-17-5-7-19-44(42)48-23-13-15-27-52(48)62(54)40-34-30-38(60)31-35-40/h4-36H,1-3H3. The molecular formula is C58H42Br2N2. The predicted molar refractivity (Wildman–Crippen MR) is 274 cm³/mol. The first-order chi connectivity index (χ1) is 30.3. The summed E-state index contributed by atoms with van der Waals surface area (Å²) in [5.41, 5.74) is 7.52. The SMILES string of the molecule is CC(C)(C)c1c2c3ccccc3c3ccccc3c3ccccc3n(-c3ccc(Br)cc3)c2cc2c1c1ccccc1c1ccccc1c1ccccc1n2-c1ccc(Br)cc1. The summed E-state index contributed by atoms with van der Waals surface area (Å²) in [5, 5.41) is 14.4. The van der Waals surface area contributed by atoms with Gasteiger partial charge >= 0.3 is 0 Å². The zero-order valence-corrected chi connectivity index (χ0v) is 37.9. The van der Waals surface area contributed by atoms with E-state index < -0.39 is 0 Å². The fraction of sp³-hybridized carbons (Fsp3) is 0.0690. The van der Waals surface area contributed by atoms with Crippen molar-refractivity contribution >= 4 is 119 Å². The molecule has 62 heavy (non-hydrogen) atoms. The van der Waals surface area contributed by atoms with E-state index in [0.29, 0.717) is 0 Å². The summed E-state index contributed by atoms with van der Waals surface area (Å²) >= 11 is 7.56. The molecular weight excluding hydrogens is 884 g/mol. The Morgan fingerprint density at radius 1 is 0.306 bits per heavy atom. The lowest BCUT2D eigenvalue weighted by molar-refractivity contribution is 0.601. The van der Waals surface area contributed by atoms with Gasteiger partial charge in [0, 0.05) is 41.9 Å². The van der Waals surface area contributed by atoms with Crippen LogP contribution in [0.2, 0.25) is 0 Å². The molecule has 11 aromatic rings. The Morgan fingerprint density at radius 3 is 0.919 bits per heavy atom. The van der Waals surface area contributed by atoms with Crippen molar-refractivity contribution in [3.63, 3.8) is 0 Å². The van der Waals surface area contributed by atoms with Crippen LogP contribution in [0.15, 0.2) is 209 Å². The lowest BCUT2D eigenvalue weighted by Crippen LogP contribution is -2.14. The van der Waals surface area contributed by atoms with Gasteiger partial charge in [-0.05, 0) is 121 Å². The van der Waals surface area contributed by atoms with Gasteiger partial charge in [0.25, 0.3) is 0 Å². The molecule has 2 nitrogen and oxygen atoms in total. The average Bonchev–Trinajstić information content (AvgIpc) is 3.37. The van der Waals surface area contributed by atoms with Gasteiger partial charge in [-0.3, -0.25) is 0 Å². The van der Waals surface area contributed by atoms with Gasteiger partial charge in [0.05, 0.1) is 22.1 Å². The van der Waals surface area contributed by atoms with Crippen molar-refractivity contribution in [3.05, 3.63) is 215 Å². The molecule has 0 aliphatic carbocycles. The van der Waals surface area contributed by atoms with Gasteiger partial charge < -0.3 is 9.13 Å². The van der Waals surface area contributed by atoms with Gasteiger partial charge in [0.2, 0.25) is 0 Å². The lowest BCUT2D eigenvalue weighted by atomic mass is 9.79. The lowest BCUT2D eigenvalue weighted by Gasteiger charge is -2.27. The molecule has 9 aromatic carbocycles. The molecule has 0 amide bonds. The van der Waals surface area contributed by atoms with E-state index in [1.165, 1.54) is 70.2 Å². The van der Waals surface area contributed by atoms with Crippen LogP contribution in [0.5, 0.6) is 0 Å². The molecule has 0 bridgehead atoms. The molecule has 0 atom stereocenters.